The summed E-state index contributed by atoms with van der Waals surface area (Å²) < 4.78 is 1.57. The number of carbonyl (C=O) groups is 2. The Bertz CT molecular complexity index is 806. The van der Waals surface area contributed by atoms with Gasteiger partial charge in [-0.3, -0.25) is 9.59 Å². The van der Waals surface area contributed by atoms with Crippen LogP contribution in [0.5, 0.6) is 0 Å². The van der Waals surface area contributed by atoms with Crippen molar-refractivity contribution in [1.82, 2.24) is 14.7 Å². The van der Waals surface area contributed by atoms with Crippen molar-refractivity contribution in [2.45, 2.75) is 31.7 Å². The SMILES string of the molecule is NC(=O)CC1CCCCN1C(=O)c1ccn(-c2ccc(Cl)c(Cl)c2)n1. The minimum absolute atomic E-state index is 0.158. The van der Waals surface area contributed by atoms with E-state index in [1.807, 2.05) is 0 Å². The average molecular weight is 381 g/mol. The standard InChI is InChI=1S/C17H18Cl2N4O2/c18-13-5-4-12(9-14(13)19)23-8-6-15(21-23)17(25)22-7-2-1-3-11(22)10-16(20)24/h4-6,8-9,11H,1-3,7,10H2,(H2,20,24). The maximum absolute atomic E-state index is 12.8. The lowest BCUT2D eigenvalue weighted by molar-refractivity contribution is -0.119. The van der Waals surface area contributed by atoms with Gasteiger partial charge in [0.1, 0.15) is 0 Å². The molecule has 2 amide bonds. The summed E-state index contributed by atoms with van der Waals surface area (Å²) in [6, 6.07) is 6.62. The molecule has 25 heavy (non-hydrogen) atoms. The monoisotopic (exact) mass is 380 g/mol. The Kier molecular flexibility index (Phi) is 5.30. The van der Waals surface area contributed by atoms with Gasteiger partial charge >= 0.3 is 0 Å². The Balaban J connectivity index is 1.81. The zero-order valence-corrected chi connectivity index (χ0v) is 15.0. The summed E-state index contributed by atoms with van der Waals surface area (Å²) in [4.78, 5) is 25.8. The largest absolute Gasteiger partial charge is 0.370 e. The normalized spacial score (nSPS) is 17.5. The van der Waals surface area contributed by atoms with Gasteiger partial charge in [0.05, 0.1) is 15.7 Å². The number of benzene rings is 1. The number of primary amides is 1. The van der Waals surface area contributed by atoms with Gasteiger partial charge in [0.15, 0.2) is 5.69 Å². The van der Waals surface area contributed by atoms with Crippen LogP contribution in [0.25, 0.3) is 5.69 Å². The van der Waals surface area contributed by atoms with Crippen LogP contribution >= 0.6 is 23.2 Å². The Morgan fingerprint density at radius 1 is 1.20 bits per heavy atom. The lowest BCUT2D eigenvalue weighted by atomic mass is 9.98. The summed E-state index contributed by atoms with van der Waals surface area (Å²) in [7, 11) is 0. The first kappa shape index (κ1) is 17.8. The number of rotatable bonds is 4. The number of hydrogen-bond donors (Lipinski definition) is 1. The molecule has 0 spiro atoms. The van der Waals surface area contributed by atoms with Gasteiger partial charge in [-0.1, -0.05) is 23.2 Å². The maximum Gasteiger partial charge on any atom is 0.274 e. The molecule has 3 rings (SSSR count). The van der Waals surface area contributed by atoms with Gasteiger partial charge in [0.2, 0.25) is 5.91 Å². The van der Waals surface area contributed by atoms with Crippen molar-refractivity contribution in [2.24, 2.45) is 5.73 Å². The molecule has 132 valence electrons. The van der Waals surface area contributed by atoms with Crippen LogP contribution in [0.3, 0.4) is 0 Å². The number of nitrogens with two attached hydrogens (primary N) is 1. The minimum atomic E-state index is -0.397. The fraction of sp³-hybridized carbons (Fsp3) is 0.353. The van der Waals surface area contributed by atoms with Gasteiger partial charge in [0.25, 0.3) is 5.91 Å². The molecule has 0 radical (unpaired) electrons. The summed E-state index contributed by atoms with van der Waals surface area (Å²) >= 11 is 12.0. The molecule has 1 fully saturated rings. The second-order valence-corrected chi connectivity index (χ2v) is 6.88. The highest BCUT2D eigenvalue weighted by Crippen LogP contribution is 2.25. The molecular formula is C17H18Cl2N4O2. The maximum atomic E-state index is 12.8. The van der Waals surface area contributed by atoms with Crippen molar-refractivity contribution in [1.29, 1.82) is 0 Å². The third-order valence-corrected chi connectivity index (χ3v) is 5.04. The quantitative estimate of drug-likeness (QED) is 0.884. The van der Waals surface area contributed by atoms with E-state index in [-0.39, 0.29) is 18.4 Å². The van der Waals surface area contributed by atoms with E-state index < -0.39 is 5.91 Å². The molecule has 8 heteroatoms. The molecular weight excluding hydrogens is 363 g/mol. The summed E-state index contributed by atoms with van der Waals surface area (Å²) in [6.45, 7) is 0.608. The molecule has 0 saturated carbocycles. The molecule has 1 saturated heterocycles. The predicted octanol–water partition coefficient (Wildman–Crippen LogP) is 3.05. The van der Waals surface area contributed by atoms with Crippen molar-refractivity contribution in [3.8, 4) is 5.69 Å². The number of likely N-dealkylation sites (tertiary alicyclic amines) is 1. The van der Waals surface area contributed by atoms with Crippen LogP contribution < -0.4 is 5.73 Å². The molecule has 1 aliphatic rings. The topological polar surface area (TPSA) is 81.2 Å². The number of aromatic nitrogens is 2. The number of halogens is 2. The molecule has 1 unspecified atom stereocenters. The van der Waals surface area contributed by atoms with Crippen LogP contribution in [0, 0.1) is 0 Å². The smallest absolute Gasteiger partial charge is 0.274 e. The molecule has 0 bridgehead atoms. The summed E-state index contributed by atoms with van der Waals surface area (Å²) in [5, 5.41) is 5.22. The zero-order chi connectivity index (χ0) is 18.0. The summed E-state index contributed by atoms with van der Waals surface area (Å²) in [6.07, 6.45) is 4.55. The lowest BCUT2D eigenvalue weighted by Gasteiger charge is -2.34. The van der Waals surface area contributed by atoms with Gasteiger partial charge in [0, 0.05) is 25.2 Å². The summed E-state index contributed by atoms with van der Waals surface area (Å²) in [5.74, 6) is -0.587. The van der Waals surface area contributed by atoms with E-state index >= 15 is 0 Å². The number of hydrogen-bond acceptors (Lipinski definition) is 3. The molecule has 1 aromatic heterocycles. The van der Waals surface area contributed by atoms with Crippen LogP contribution in [0.4, 0.5) is 0 Å². The van der Waals surface area contributed by atoms with Crippen molar-refractivity contribution >= 4 is 35.0 Å². The number of piperidine rings is 1. The zero-order valence-electron chi connectivity index (χ0n) is 13.5. The molecule has 1 atom stereocenters. The van der Waals surface area contributed by atoms with Crippen molar-refractivity contribution in [2.75, 3.05) is 6.54 Å². The number of nitrogens with zero attached hydrogens (tertiary/aromatic N) is 3. The van der Waals surface area contributed by atoms with Crippen molar-refractivity contribution in [3.63, 3.8) is 0 Å². The molecule has 1 aliphatic heterocycles. The van der Waals surface area contributed by atoms with Gasteiger partial charge in [-0.2, -0.15) is 5.10 Å². The highest BCUT2D eigenvalue weighted by Gasteiger charge is 2.29. The van der Waals surface area contributed by atoms with E-state index in [2.05, 4.69) is 5.10 Å². The first-order chi connectivity index (χ1) is 12.0. The van der Waals surface area contributed by atoms with Crippen molar-refractivity contribution < 1.29 is 9.59 Å². The van der Waals surface area contributed by atoms with E-state index in [0.717, 1.165) is 19.3 Å². The van der Waals surface area contributed by atoms with E-state index in [1.54, 1.807) is 40.0 Å². The minimum Gasteiger partial charge on any atom is -0.370 e. The highest BCUT2D eigenvalue weighted by molar-refractivity contribution is 6.42. The Hall–Kier alpha value is -2.05. The van der Waals surface area contributed by atoms with E-state index in [4.69, 9.17) is 28.9 Å². The third kappa shape index (κ3) is 3.96. The van der Waals surface area contributed by atoms with Crippen LogP contribution in [-0.4, -0.2) is 39.1 Å². The second-order valence-electron chi connectivity index (χ2n) is 6.06. The van der Waals surface area contributed by atoms with Gasteiger partial charge in [-0.05, 0) is 43.5 Å². The molecule has 2 heterocycles. The van der Waals surface area contributed by atoms with Crippen molar-refractivity contribution in [3.05, 3.63) is 46.2 Å². The fourth-order valence-electron chi connectivity index (χ4n) is 3.07. The lowest BCUT2D eigenvalue weighted by Crippen LogP contribution is -2.45. The highest BCUT2D eigenvalue weighted by atomic mass is 35.5. The average Bonchev–Trinajstić information content (AvgIpc) is 3.07. The first-order valence-corrected chi connectivity index (χ1v) is 8.81. The molecule has 2 N–H and O–H groups in total. The molecule has 0 aliphatic carbocycles. The molecule has 1 aromatic carbocycles. The Morgan fingerprint density at radius 3 is 2.72 bits per heavy atom. The first-order valence-electron chi connectivity index (χ1n) is 8.06. The number of amides is 2. The van der Waals surface area contributed by atoms with Crippen LogP contribution in [0.2, 0.25) is 10.0 Å². The van der Waals surface area contributed by atoms with Gasteiger partial charge in [-0.15, -0.1) is 0 Å². The van der Waals surface area contributed by atoms with Gasteiger partial charge in [-0.25, -0.2) is 4.68 Å². The van der Waals surface area contributed by atoms with Crippen LogP contribution in [-0.2, 0) is 4.79 Å². The van der Waals surface area contributed by atoms with Crippen LogP contribution in [0.1, 0.15) is 36.2 Å². The molecule has 2 aromatic rings. The van der Waals surface area contributed by atoms with Gasteiger partial charge < -0.3 is 10.6 Å². The van der Waals surface area contributed by atoms with E-state index in [9.17, 15) is 9.59 Å². The predicted molar refractivity (Wildman–Crippen MR) is 96.1 cm³/mol. The second kappa shape index (κ2) is 7.45. The van der Waals surface area contributed by atoms with E-state index in [0.29, 0.717) is 28.0 Å². The third-order valence-electron chi connectivity index (χ3n) is 4.30. The summed E-state index contributed by atoms with van der Waals surface area (Å²) in [5.41, 5.74) is 6.34. The van der Waals surface area contributed by atoms with E-state index in [1.165, 1.54) is 0 Å². The van der Waals surface area contributed by atoms with Crippen LogP contribution in [0.15, 0.2) is 30.5 Å². The molecule has 6 nitrogen and oxygen atoms in total. The Labute approximate surface area is 155 Å². The Morgan fingerprint density at radius 2 is 2.00 bits per heavy atom. The fourth-order valence-corrected chi connectivity index (χ4v) is 3.36. The number of carbonyl (C=O) groups excluding carboxylic acids is 2.